The van der Waals surface area contributed by atoms with Gasteiger partial charge >= 0.3 is 0 Å². The molecule has 1 saturated heterocycles. The minimum Gasteiger partial charge on any atom is -0.497 e. The Morgan fingerprint density at radius 1 is 1.19 bits per heavy atom. The van der Waals surface area contributed by atoms with E-state index in [1.807, 2.05) is 47.4 Å². The van der Waals surface area contributed by atoms with Crippen LogP contribution >= 0.6 is 0 Å². The van der Waals surface area contributed by atoms with Crippen LogP contribution in [0, 0.1) is 0 Å². The van der Waals surface area contributed by atoms with Crippen LogP contribution in [0.15, 0.2) is 54.1 Å². The number of fused-ring (bicyclic) bond motifs is 1. The summed E-state index contributed by atoms with van der Waals surface area (Å²) in [6, 6.07) is 15.7. The Bertz CT molecular complexity index is 848. The minimum atomic E-state index is -0.0566. The van der Waals surface area contributed by atoms with Gasteiger partial charge in [0.2, 0.25) is 0 Å². The third-order valence-electron chi connectivity index (χ3n) is 5.08. The van der Waals surface area contributed by atoms with E-state index in [4.69, 9.17) is 15.2 Å². The molecule has 0 saturated carbocycles. The zero-order valence-corrected chi connectivity index (χ0v) is 14.7. The predicted molar refractivity (Wildman–Crippen MR) is 100 cm³/mol. The van der Waals surface area contributed by atoms with E-state index in [9.17, 15) is 4.79 Å². The first-order valence-corrected chi connectivity index (χ1v) is 8.77. The Labute approximate surface area is 153 Å². The molecular weight excluding hydrogens is 328 g/mol. The SMILES string of the molecule is COc1ccc2c(c1)C=C(C(=O)N1C[C@@H](N)[C@H](c3ccccc3)C1)CO2. The zero-order chi connectivity index (χ0) is 18.1. The summed E-state index contributed by atoms with van der Waals surface area (Å²) in [5.41, 5.74) is 9.01. The fourth-order valence-corrected chi connectivity index (χ4v) is 3.66. The second-order valence-corrected chi connectivity index (χ2v) is 6.75. The lowest BCUT2D eigenvalue weighted by molar-refractivity contribution is -0.126. The van der Waals surface area contributed by atoms with Crippen LogP contribution in [0.4, 0.5) is 0 Å². The van der Waals surface area contributed by atoms with E-state index in [1.54, 1.807) is 7.11 Å². The molecule has 26 heavy (non-hydrogen) atoms. The first-order chi connectivity index (χ1) is 12.7. The highest BCUT2D eigenvalue weighted by Gasteiger charge is 2.35. The van der Waals surface area contributed by atoms with Gasteiger partial charge in [-0.05, 0) is 29.8 Å². The first-order valence-electron chi connectivity index (χ1n) is 8.77. The molecule has 2 N–H and O–H groups in total. The molecule has 2 aromatic carbocycles. The second-order valence-electron chi connectivity index (χ2n) is 6.75. The number of nitrogens with zero attached hydrogens (tertiary/aromatic N) is 1. The lowest BCUT2D eigenvalue weighted by atomic mass is 9.95. The summed E-state index contributed by atoms with van der Waals surface area (Å²) in [5, 5.41) is 0. The number of likely N-dealkylation sites (tertiary alicyclic amines) is 1. The van der Waals surface area contributed by atoms with Crippen molar-refractivity contribution in [1.82, 2.24) is 4.90 Å². The van der Waals surface area contributed by atoms with E-state index in [0.717, 1.165) is 17.1 Å². The number of carbonyl (C=O) groups excluding carboxylic acids is 1. The van der Waals surface area contributed by atoms with Crippen LogP contribution in [0.1, 0.15) is 17.0 Å². The molecule has 0 aromatic heterocycles. The number of hydrogen-bond donors (Lipinski definition) is 1. The number of nitrogens with two attached hydrogens (primary N) is 1. The Hall–Kier alpha value is -2.79. The standard InChI is InChI=1S/C21H22N2O3/c1-25-17-7-8-20-15(10-17)9-16(13-26-20)21(24)23-11-18(19(22)12-23)14-5-3-2-4-6-14/h2-10,18-19H,11-13,22H2,1H3/t18-,19+/m0/s1. The van der Waals surface area contributed by atoms with E-state index >= 15 is 0 Å². The van der Waals surface area contributed by atoms with Crippen molar-refractivity contribution in [2.75, 3.05) is 26.8 Å². The van der Waals surface area contributed by atoms with Gasteiger partial charge in [0.15, 0.2) is 0 Å². The van der Waals surface area contributed by atoms with Gasteiger partial charge in [0.1, 0.15) is 18.1 Å². The molecule has 0 bridgehead atoms. The predicted octanol–water partition coefficient (Wildman–Crippen LogP) is 2.42. The van der Waals surface area contributed by atoms with Gasteiger partial charge in [0, 0.05) is 30.6 Å². The van der Waals surface area contributed by atoms with Crippen molar-refractivity contribution in [3.05, 3.63) is 65.2 Å². The number of methoxy groups -OCH3 is 1. The van der Waals surface area contributed by atoms with Crippen LogP contribution in [0.25, 0.3) is 6.08 Å². The highest BCUT2D eigenvalue weighted by atomic mass is 16.5. The molecule has 2 atom stereocenters. The molecule has 2 aromatic rings. The summed E-state index contributed by atoms with van der Waals surface area (Å²) in [7, 11) is 1.62. The summed E-state index contributed by atoms with van der Waals surface area (Å²) in [5.74, 6) is 1.66. The molecular formula is C21H22N2O3. The number of benzene rings is 2. The molecule has 4 rings (SSSR count). The van der Waals surface area contributed by atoms with Gasteiger partial charge in [0.05, 0.1) is 12.7 Å². The van der Waals surface area contributed by atoms with E-state index in [0.29, 0.717) is 18.7 Å². The Kier molecular flexibility index (Phi) is 4.39. The number of amides is 1. The van der Waals surface area contributed by atoms with Crippen LogP contribution < -0.4 is 15.2 Å². The molecule has 2 heterocycles. The maximum atomic E-state index is 13.0. The molecule has 134 valence electrons. The summed E-state index contributed by atoms with van der Waals surface area (Å²) in [6.07, 6.45) is 1.89. The Morgan fingerprint density at radius 3 is 2.77 bits per heavy atom. The minimum absolute atomic E-state index is 0.00708. The van der Waals surface area contributed by atoms with Gasteiger partial charge < -0.3 is 20.1 Å². The lowest BCUT2D eigenvalue weighted by Crippen LogP contribution is -2.34. The maximum Gasteiger partial charge on any atom is 0.253 e. The lowest BCUT2D eigenvalue weighted by Gasteiger charge is -2.22. The summed E-state index contributed by atoms with van der Waals surface area (Å²) >= 11 is 0. The van der Waals surface area contributed by atoms with E-state index < -0.39 is 0 Å². The van der Waals surface area contributed by atoms with Crippen LogP contribution in [-0.4, -0.2) is 43.7 Å². The van der Waals surface area contributed by atoms with Crippen molar-refractivity contribution in [3.8, 4) is 11.5 Å². The number of rotatable bonds is 3. The molecule has 0 aliphatic carbocycles. The van der Waals surface area contributed by atoms with Gasteiger partial charge in [-0.3, -0.25) is 4.79 Å². The molecule has 5 nitrogen and oxygen atoms in total. The third-order valence-corrected chi connectivity index (χ3v) is 5.08. The van der Waals surface area contributed by atoms with Crippen molar-refractivity contribution in [2.24, 2.45) is 5.73 Å². The summed E-state index contributed by atoms with van der Waals surface area (Å²) < 4.78 is 11.0. The fourth-order valence-electron chi connectivity index (χ4n) is 3.66. The summed E-state index contributed by atoms with van der Waals surface area (Å²) in [6.45, 7) is 1.47. The molecule has 0 spiro atoms. The first kappa shape index (κ1) is 16.7. The van der Waals surface area contributed by atoms with Gasteiger partial charge in [-0.25, -0.2) is 0 Å². The van der Waals surface area contributed by atoms with Crippen LogP contribution in [0.5, 0.6) is 11.5 Å². The average molecular weight is 350 g/mol. The molecule has 1 amide bonds. The quantitative estimate of drug-likeness (QED) is 0.923. The average Bonchev–Trinajstić information content (AvgIpc) is 3.08. The van der Waals surface area contributed by atoms with Gasteiger partial charge in [-0.2, -0.15) is 0 Å². The number of carbonyl (C=O) groups is 1. The smallest absolute Gasteiger partial charge is 0.253 e. The van der Waals surface area contributed by atoms with Crippen LogP contribution in [0.3, 0.4) is 0 Å². The van der Waals surface area contributed by atoms with Crippen LogP contribution in [0.2, 0.25) is 0 Å². The summed E-state index contributed by atoms with van der Waals surface area (Å²) in [4.78, 5) is 14.8. The monoisotopic (exact) mass is 350 g/mol. The van der Waals surface area contributed by atoms with Gasteiger partial charge in [0.25, 0.3) is 5.91 Å². The molecule has 2 aliphatic heterocycles. The van der Waals surface area contributed by atoms with Crippen molar-refractivity contribution in [1.29, 1.82) is 0 Å². The highest BCUT2D eigenvalue weighted by Crippen LogP contribution is 2.32. The Balaban J connectivity index is 1.54. The number of hydrogen-bond acceptors (Lipinski definition) is 4. The maximum absolute atomic E-state index is 13.0. The molecule has 0 radical (unpaired) electrons. The number of ether oxygens (including phenoxy) is 2. The van der Waals surface area contributed by atoms with Gasteiger partial charge in [-0.15, -0.1) is 0 Å². The largest absolute Gasteiger partial charge is 0.497 e. The molecule has 5 heteroatoms. The Morgan fingerprint density at radius 2 is 2.00 bits per heavy atom. The van der Waals surface area contributed by atoms with Crippen molar-refractivity contribution in [3.63, 3.8) is 0 Å². The molecule has 1 fully saturated rings. The third kappa shape index (κ3) is 3.06. The van der Waals surface area contributed by atoms with E-state index in [1.165, 1.54) is 5.56 Å². The van der Waals surface area contributed by atoms with Crippen molar-refractivity contribution in [2.45, 2.75) is 12.0 Å². The fraction of sp³-hybridized carbons (Fsp3) is 0.286. The topological polar surface area (TPSA) is 64.8 Å². The zero-order valence-electron chi connectivity index (χ0n) is 14.7. The van der Waals surface area contributed by atoms with E-state index in [-0.39, 0.29) is 24.5 Å². The van der Waals surface area contributed by atoms with Crippen molar-refractivity contribution < 1.29 is 14.3 Å². The van der Waals surface area contributed by atoms with E-state index in [2.05, 4.69) is 12.1 Å². The molecule has 2 aliphatic rings. The van der Waals surface area contributed by atoms with Gasteiger partial charge in [-0.1, -0.05) is 30.3 Å². The normalized spacial score (nSPS) is 21.6. The molecule has 0 unspecified atom stereocenters. The highest BCUT2D eigenvalue weighted by molar-refractivity contribution is 5.99. The van der Waals surface area contributed by atoms with Crippen molar-refractivity contribution >= 4 is 12.0 Å². The van der Waals surface area contributed by atoms with Crippen LogP contribution in [-0.2, 0) is 4.79 Å². The second kappa shape index (κ2) is 6.84.